The molecule has 7 nitrogen and oxygen atoms in total. The van der Waals surface area contributed by atoms with E-state index >= 15 is 0 Å². The molecule has 122 valence electrons. The van der Waals surface area contributed by atoms with Gasteiger partial charge < -0.3 is 9.32 Å². The highest BCUT2D eigenvalue weighted by Crippen LogP contribution is 2.25. The summed E-state index contributed by atoms with van der Waals surface area (Å²) in [6.45, 7) is 1.99. The minimum atomic E-state index is -0.323. The molecule has 0 aromatic carbocycles. The standard InChI is InChI=1S/C16H15N5O2S/c22-15(11-5-6-14(20-19-11)21-7-1-2-8-21)18-16-17-12(10-24-16)13-4-3-9-23-13/h3-6,9-10H,1-2,7-8H2,(H,17,18,22). The number of rotatable bonds is 4. The summed E-state index contributed by atoms with van der Waals surface area (Å²) in [5.41, 5.74) is 0.962. The van der Waals surface area contributed by atoms with Crippen molar-refractivity contribution in [3.05, 3.63) is 41.6 Å². The largest absolute Gasteiger partial charge is 0.463 e. The predicted molar refractivity (Wildman–Crippen MR) is 91.2 cm³/mol. The molecule has 0 unspecified atom stereocenters. The second kappa shape index (κ2) is 6.40. The van der Waals surface area contributed by atoms with E-state index in [1.807, 2.05) is 17.5 Å². The Morgan fingerprint density at radius 2 is 2.08 bits per heavy atom. The molecule has 1 amide bonds. The van der Waals surface area contributed by atoms with Crippen LogP contribution in [0.4, 0.5) is 10.9 Å². The number of nitrogens with one attached hydrogen (secondary N) is 1. The van der Waals surface area contributed by atoms with Crippen LogP contribution in [-0.4, -0.2) is 34.2 Å². The van der Waals surface area contributed by atoms with Crippen LogP contribution in [0, 0.1) is 0 Å². The zero-order valence-electron chi connectivity index (χ0n) is 12.8. The summed E-state index contributed by atoms with van der Waals surface area (Å²) < 4.78 is 5.29. The molecule has 1 saturated heterocycles. The van der Waals surface area contributed by atoms with Crippen molar-refractivity contribution in [3.8, 4) is 11.5 Å². The Hall–Kier alpha value is -2.74. The summed E-state index contributed by atoms with van der Waals surface area (Å²) in [7, 11) is 0. The zero-order chi connectivity index (χ0) is 16.4. The van der Waals surface area contributed by atoms with Crippen LogP contribution in [0.3, 0.4) is 0 Å². The van der Waals surface area contributed by atoms with Gasteiger partial charge in [-0.2, -0.15) is 0 Å². The normalized spacial score (nSPS) is 14.1. The number of furan rings is 1. The molecule has 0 atom stereocenters. The van der Waals surface area contributed by atoms with Gasteiger partial charge >= 0.3 is 0 Å². The molecule has 3 aromatic rings. The molecule has 4 rings (SSSR count). The van der Waals surface area contributed by atoms with E-state index in [2.05, 4.69) is 25.4 Å². The van der Waals surface area contributed by atoms with E-state index in [1.165, 1.54) is 24.2 Å². The van der Waals surface area contributed by atoms with Crippen molar-refractivity contribution >= 4 is 28.2 Å². The molecule has 0 aliphatic carbocycles. The third-order valence-corrected chi connectivity index (χ3v) is 4.57. The van der Waals surface area contributed by atoms with Gasteiger partial charge in [-0.3, -0.25) is 10.1 Å². The predicted octanol–water partition coefficient (Wildman–Crippen LogP) is 3.05. The maximum absolute atomic E-state index is 12.3. The van der Waals surface area contributed by atoms with Crippen LogP contribution >= 0.6 is 11.3 Å². The Morgan fingerprint density at radius 1 is 1.21 bits per heavy atom. The molecule has 4 heterocycles. The van der Waals surface area contributed by atoms with Crippen LogP contribution in [0.2, 0.25) is 0 Å². The number of thiazole rings is 1. The van der Waals surface area contributed by atoms with Crippen molar-refractivity contribution in [2.45, 2.75) is 12.8 Å². The molecule has 3 aromatic heterocycles. The number of hydrogen-bond acceptors (Lipinski definition) is 7. The molecule has 1 fully saturated rings. The summed E-state index contributed by atoms with van der Waals surface area (Å²) in [5, 5.41) is 13.3. The van der Waals surface area contributed by atoms with E-state index in [4.69, 9.17) is 4.42 Å². The summed E-state index contributed by atoms with van der Waals surface area (Å²) in [6.07, 6.45) is 3.93. The van der Waals surface area contributed by atoms with Crippen molar-refractivity contribution in [2.75, 3.05) is 23.3 Å². The van der Waals surface area contributed by atoms with Crippen molar-refractivity contribution in [1.82, 2.24) is 15.2 Å². The van der Waals surface area contributed by atoms with E-state index in [-0.39, 0.29) is 11.6 Å². The Kier molecular flexibility index (Phi) is 3.96. The summed E-state index contributed by atoms with van der Waals surface area (Å²) >= 11 is 1.33. The first-order chi connectivity index (χ1) is 11.8. The van der Waals surface area contributed by atoms with Gasteiger partial charge in [0.15, 0.2) is 22.4 Å². The Bertz CT molecular complexity index is 823. The lowest BCUT2D eigenvalue weighted by Crippen LogP contribution is -2.20. The van der Waals surface area contributed by atoms with Crippen molar-refractivity contribution < 1.29 is 9.21 Å². The van der Waals surface area contributed by atoms with Gasteiger partial charge in [-0.1, -0.05) is 0 Å². The van der Waals surface area contributed by atoms with Gasteiger partial charge in [0.1, 0.15) is 5.69 Å². The number of aromatic nitrogens is 3. The topological polar surface area (TPSA) is 84.2 Å². The van der Waals surface area contributed by atoms with Gasteiger partial charge in [0, 0.05) is 18.5 Å². The number of hydrogen-bond donors (Lipinski definition) is 1. The molecule has 1 aliphatic heterocycles. The van der Waals surface area contributed by atoms with E-state index < -0.39 is 0 Å². The third-order valence-electron chi connectivity index (χ3n) is 3.81. The van der Waals surface area contributed by atoms with Crippen LogP contribution in [0.15, 0.2) is 40.3 Å². The fraction of sp³-hybridized carbons (Fsp3) is 0.250. The molecule has 1 N–H and O–H groups in total. The highest BCUT2D eigenvalue weighted by molar-refractivity contribution is 7.14. The molecular weight excluding hydrogens is 326 g/mol. The SMILES string of the molecule is O=C(Nc1nc(-c2ccco2)cs1)c1ccc(N2CCCC2)nn1. The fourth-order valence-corrected chi connectivity index (χ4v) is 3.29. The van der Waals surface area contributed by atoms with Crippen LogP contribution in [0.1, 0.15) is 23.3 Å². The minimum absolute atomic E-state index is 0.271. The molecule has 0 spiro atoms. The molecule has 0 saturated carbocycles. The number of nitrogens with zero attached hydrogens (tertiary/aromatic N) is 4. The van der Waals surface area contributed by atoms with Gasteiger partial charge in [-0.15, -0.1) is 21.5 Å². The van der Waals surface area contributed by atoms with Gasteiger partial charge in [0.2, 0.25) is 0 Å². The second-order valence-electron chi connectivity index (χ2n) is 5.44. The second-order valence-corrected chi connectivity index (χ2v) is 6.30. The molecular formula is C16H15N5O2S. The monoisotopic (exact) mass is 341 g/mol. The lowest BCUT2D eigenvalue weighted by atomic mass is 10.3. The van der Waals surface area contributed by atoms with Crippen LogP contribution in [-0.2, 0) is 0 Å². The summed E-state index contributed by atoms with van der Waals surface area (Å²) in [5.74, 6) is 1.16. The minimum Gasteiger partial charge on any atom is -0.463 e. The zero-order valence-corrected chi connectivity index (χ0v) is 13.6. The van der Waals surface area contributed by atoms with Crippen molar-refractivity contribution in [3.63, 3.8) is 0 Å². The average Bonchev–Trinajstić information content (AvgIpc) is 3.36. The fourth-order valence-electron chi connectivity index (χ4n) is 2.59. The Morgan fingerprint density at radius 3 is 2.79 bits per heavy atom. The van der Waals surface area contributed by atoms with Gasteiger partial charge in [0.25, 0.3) is 5.91 Å². The van der Waals surface area contributed by atoms with Gasteiger partial charge in [-0.25, -0.2) is 4.98 Å². The van der Waals surface area contributed by atoms with Crippen molar-refractivity contribution in [2.24, 2.45) is 0 Å². The van der Waals surface area contributed by atoms with Crippen LogP contribution in [0.5, 0.6) is 0 Å². The van der Waals surface area contributed by atoms with E-state index in [0.717, 1.165) is 18.9 Å². The average molecular weight is 341 g/mol. The quantitative estimate of drug-likeness (QED) is 0.785. The molecule has 1 aliphatic rings. The Balaban J connectivity index is 1.44. The van der Waals surface area contributed by atoms with Crippen LogP contribution < -0.4 is 10.2 Å². The summed E-state index contributed by atoms with van der Waals surface area (Å²) in [6, 6.07) is 7.15. The molecule has 8 heteroatoms. The van der Waals surface area contributed by atoms with E-state index in [0.29, 0.717) is 16.6 Å². The smallest absolute Gasteiger partial charge is 0.277 e. The summed E-state index contributed by atoms with van der Waals surface area (Å²) in [4.78, 5) is 18.8. The highest BCUT2D eigenvalue weighted by Gasteiger charge is 2.16. The maximum atomic E-state index is 12.3. The van der Waals surface area contributed by atoms with E-state index in [1.54, 1.807) is 18.4 Å². The van der Waals surface area contributed by atoms with Crippen molar-refractivity contribution in [1.29, 1.82) is 0 Å². The number of carbonyl (C=O) groups excluding carboxylic acids is 1. The Labute approximate surface area is 142 Å². The van der Waals surface area contributed by atoms with Gasteiger partial charge in [-0.05, 0) is 37.1 Å². The lowest BCUT2D eigenvalue weighted by molar-refractivity contribution is 0.102. The first-order valence-electron chi connectivity index (χ1n) is 7.69. The first-order valence-corrected chi connectivity index (χ1v) is 8.57. The maximum Gasteiger partial charge on any atom is 0.277 e. The van der Waals surface area contributed by atoms with Gasteiger partial charge in [0.05, 0.1) is 6.26 Å². The molecule has 0 radical (unpaired) electrons. The number of anilines is 2. The number of carbonyl (C=O) groups is 1. The third kappa shape index (κ3) is 3.00. The van der Waals surface area contributed by atoms with Crippen LogP contribution in [0.25, 0.3) is 11.5 Å². The number of amides is 1. The lowest BCUT2D eigenvalue weighted by Gasteiger charge is -2.14. The molecule has 0 bridgehead atoms. The first kappa shape index (κ1) is 14.8. The van der Waals surface area contributed by atoms with E-state index in [9.17, 15) is 4.79 Å². The molecule has 24 heavy (non-hydrogen) atoms. The highest BCUT2D eigenvalue weighted by atomic mass is 32.1.